The maximum Gasteiger partial charge on any atom is 0.306 e. The average molecular weight is 486 g/mol. The number of benzene rings is 1. The maximum atomic E-state index is 12.6. The lowest BCUT2D eigenvalue weighted by Gasteiger charge is -2.27. The Morgan fingerprint density at radius 2 is 1.72 bits per heavy atom. The first kappa shape index (κ1) is 23.5. The Bertz CT molecular complexity index is 1440. The van der Waals surface area contributed by atoms with Crippen LogP contribution in [0.4, 0.5) is 5.82 Å². The summed E-state index contributed by atoms with van der Waals surface area (Å²) in [5.74, 6) is -0.319. The number of carboxylic acids is 1. The Labute approximate surface area is 208 Å². The molecule has 4 aromatic rings. The second kappa shape index (κ2) is 9.41. The van der Waals surface area contributed by atoms with E-state index in [-0.39, 0.29) is 23.4 Å². The van der Waals surface area contributed by atoms with E-state index in [0.29, 0.717) is 42.6 Å². The monoisotopic (exact) mass is 485 g/mol. The summed E-state index contributed by atoms with van der Waals surface area (Å²) in [6.45, 7) is 1.47. The van der Waals surface area contributed by atoms with Gasteiger partial charge in [0, 0.05) is 28.8 Å². The summed E-state index contributed by atoms with van der Waals surface area (Å²) in [7, 11) is 1.63. The number of aliphatic carboxylic acids is 1. The molecule has 1 fully saturated rings. The molecule has 5 rings (SSSR count). The first-order chi connectivity index (χ1) is 17.4. The molecule has 3 N–H and O–H groups in total. The van der Waals surface area contributed by atoms with E-state index in [1.54, 1.807) is 19.5 Å². The van der Waals surface area contributed by atoms with Gasteiger partial charge in [-0.3, -0.25) is 14.6 Å². The van der Waals surface area contributed by atoms with Gasteiger partial charge in [0.2, 0.25) is 0 Å². The molecular weight excluding hydrogens is 458 g/mol. The summed E-state index contributed by atoms with van der Waals surface area (Å²) in [6, 6.07) is 11.6. The minimum atomic E-state index is -0.771. The van der Waals surface area contributed by atoms with E-state index in [2.05, 4.69) is 10.1 Å². The van der Waals surface area contributed by atoms with Crippen molar-refractivity contribution in [3.05, 3.63) is 60.0 Å². The molecule has 0 radical (unpaired) electrons. The molecule has 0 spiro atoms. The average Bonchev–Trinajstić information content (AvgIpc) is 3.33. The number of nitrogens with two attached hydrogens (primary N) is 1. The molecule has 36 heavy (non-hydrogen) atoms. The fraction of sp³-hybridized carbons (Fsp3) is 0.296. The molecule has 3 aromatic heterocycles. The highest BCUT2D eigenvalue weighted by atomic mass is 16.5. The van der Waals surface area contributed by atoms with E-state index in [1.165, 1.54) is 11.4 Å². The molecule has 0 atom stereocenters. The number of nitrogen functional groups attached to an aromatic ring is 1. The van der Waals surface area contributed by atoms with Crippen molar-refractivity contribution < 1.29 is 19.4 Å². The van der Waals surface area contributed by atoms with E-state index in [4.69, 9.17) is 15.5 Å². The number of hydrogen-bond donors (Lipinski definition) is 2. The zero-order valence-corrected chi connectivity index (χ0v) is 20.1. The Kier molecular flexibility index (Phi) is 6.13. The number of fused-ring (bicyclic) bond motifs is 1. The van der Waals surface area contributed by atoms with Gasteiger partial charge in [0.25, 0.3) is 0 Å². The SMILES string of the molecule is COc1ccc(-c2ccc(-c3cnn4c(N)c(C(C)=O)c(C5CCC(C(=O)O)CC5)nc34)cn2)cc1. The number of carbonyl (C=O) groups excluding carboxylic acids is 1. The third kappa shape index (κ3) is 4.17. The summed E-state index contributed by atoms with van der Waals surface area (Å²) in [5.41, 5.74) is 11.3. The molecule has 1 aliphatic carbocycles. The fourth-order valence-electron chi connectivity index (χ4n) is 4.99. The second-order valence-corrected chi connectivity index (χ2v) is 9.15. The highest BCUT2D eigenvalue weighted by molar-refractivity contribution is 6.00. The van der Waals surface area contributed by atoms with Gasteiger partial charge in [-0.1, -0.05) is 6.07 Å². The Morgan fingerprint density at radius 1 is 1.03 bits per heavy atom. The zero-order valence-electron chi connectivity index (χ0n) is 20.1. The van der Waals surface area contributed by atoms with Crippen LogP contribution in [0.15, 0.2) is 48.8 Å². The normalized spacial score (nSPS) is 17.7. The molecule has 1 aliphatic rings. The highest BCUT2D eigenvalue weighted by Crippen LogP contribution is 2.39. The van der Waals surface area contributed by atoms with Crippen LogP contribution >= 0.6 is 0 Å². The number of ether oxygens (including phenoxy) is 1. The molecule has 9 heteroatoms. The van der Waals surface area contributed by atoms with Crippen molar-refractivity contribution in [2.75, 3.05) is 12.8 Å². The van der Waals surface area contributed by atoms with Crippen molar-refractivity contribution in [3.63, 3.8) is 0 Å². The van der Waals surface area contributed by atoms with Gasteiger partial charge >= 0.3 is 5.97 Å². The number of rotatable bonds is 6. The van der Waals surface area contributed by atoms with Gasteiger partial charge in [-0.2, -0.15) is 9.61 Å². The number of carboxylic acid groups (broad SMARTS) is 1. The molecule has 184 valence electrons. The smallest absolute Gasteiger partial charge is 0.306 e. The summed E-state index contributed by atoms with van der Waals surface area (Å²) in [4.78, 5) is 33.5. The molecule has 0 unspecified atom stereocenters. The predicted molar refractivity (Wildman–Crippen MR) is 135 cm³/mol. The number of anilines is 1. The summed E-state index contributed by atoms with van der Waals surface area (Å²) in [5, 5.41) is 13.8. The number of Topliss-reactive ketones (excluding diaryl/α,β-unsaturated/α-hetero) is 1. The van der Waals surface area contributed by atoms with Gasteiger partial charge in [0.05, 0.1) is 36.2 Å². The van der Waals surface area contributed by atoms with E-state index in [9.17, 15) is 14.7 Å². The van der Waals surface area contributed by atoms with Crippen molar-refractivity contribution in [2.24, 2.45) is 5.92 Å². The molecular formula is C27H27N5O4. The van der Waals surface area contributed by atoms with Crippen LogP contribution in [0.2, 0.25) is 0 Å². The van der Waals surface area contributed by atoms with Crippen LogP contribution < -0.4 is 10.5 Å². The number of carbonyl (C=O) groups is 2. The molecule has 0 amide bonds. The topological polar surface area (TPSA) is 133 Å². The van der Waals surface area contributed by atoms with Crippen molar-refractivity contribution in [3.8, 4) is 28.1 Å². The van der Waals surface area contributed by atoms with Crippen molar-refractivity contribution in [1.29, 1.82) is 0 Å². The molecule has 3 heterocycles. The Hall–Kier alpha value is -4.27. The van der Waals surface area contributed by atoms with Crippen LogP contribution in [0.1, 0.15) is 54.6 Å². The molecule has 9 nitrogen and oxygen atoms in total. The molecule has 0 aliphatic heterocycles. The van der Waals surface area contributed by atoms with Crippen molar-refractivity contribution in [1.82, 2.24) is 19.6 Å². The van der Waals surface area contributed by atoms with Crippen LogP contribution in [-0.4, -0.2) is 43.6 Å². The summed E-state index contributed by atoms with van der Waals surface area (Å²) in [6.07, 6.45) is 5.83. The fourth-order valence-corrected chi connectivity index (χ4v) is 4.99. The van der Waals surface area contributed by atoms with Crippen molar-refractivity contribution >= 4 is 23.2 Å². The molecule has 0 bridgehead atoms. The van der Waals surface area contributed by atoms with Crippen LogP contribution in [-0.2, 0) is 4.79 Å². The van der Waals surface area contributed by atoms with E-state index in [0.717, 1.165) is 28.1 Å². The van der Waals surface area contributed by atoms with Crippen LogP contribution in [0, 0.1) is 5.92 Å². The minimum absolute atomic E-state index is 0.0369. The quantitative estimate of drug-likeness (QED) is 0.378. The maximum absolute atomic E-state index is 12.6. The van der Waals surface area contributed by atoms with Gasteiger partial charge in [-0.05, 0) is 62.9 Å². The standard InChI is InChI=1S/C27H27N5O4/c1-15(33)23-24(17-3-5-18(6-4-17)27(34)35)31-26-21(14-30-32(26)25(23)28)19-9-12-22(29-13-19)16-7-10-20(36-2)11-8-16/h7-14,17-18H,3-6,28H2,1-2H3,(H,34,35). The van der Waals surface area contributed by atoms with Crippen LogP contribution in [0.25, 0.3) is 28.0 Å². The Balaban J connectivity index is 1.53. The number of hydrogen-bond acceptors (Lipinski definition) is 7. The predicted octanol–water partition coefficient (Wildman–Crippen LogP) is 4.61. The third-order valence-electron chi connectivity index (χ3n) is 6.99. The lowest BCUT2D eigenvalue weighted by Crippen LogP contribution is -2.23. The van der Waals surface area contributed by atoms with Crippen LogP contribution in [0.3, 0.4) is 0 Å². The zero-order chi connectivity index (χ0) is 25.4. The minimum Gasteiger partial charge on any atom is -0.497 e. The first-order valence-corrected chi connectivity index (χ1v) is 11.9. The van der Waals surface area contributed by atoms with Gasteiger partial charge in [0.15, 0.2) is 11.4 Å². The van der Waals surface area contributed by atoms with Crippen molar-refractivity contribution in [2.45, 2.75) is 38.5 Å². The highest BCUT2D eigenvalue weighted by Gasteiger charge is 2.31. The molecule has 1 saturated carbocycles. The van der Waals surface area contributed by atoms with Gasteiger partial charge in [-0.15, -0.1) is 0 Å². The first-order valence-electron chi connectivity index (χ1n) is 11.9. The van der Waals surface area contributed by atoms with Gasteiger partial charge in [-0.25, -0.2) is 4.98 Å². The number of nitrogens with zero attached hydrogens (tertiary/aromatic N) is 4. The largest absolute Gasteiger partial charge is 0.497 e. The van der Waals surface area contributed by atoms with Crippen LogP contribution in [0.5, 0.6) is 5.75 Å². The van der Waals surface area contributed by atoms with E-state index < -0.39 is 5.97 Å². The second-order valence-electron chi connectivity index (χ2n) is 9.15. The number of pyridine rings is 1. The summed E-state index contributed by atoms with van der Waals surface area (Å²) < 4.78 is 6.72. The van der Waals surface area contributed by atoms with E-state index >= 15 is 0 Å². The number of ketones is 1. The molecule has 0 saturated heterocycles. The number of aromatic nitrogens is 4. The lowest BCUT2D eigenvalue weighted by molar-refractivity contribution is -0.142. The third-order valence-corrected chi connectivity index (χ3v) is 6.99. The Morgan fingerprint density at radius 3 is 2.31 bits per heavy atom. The number of methoxy groups -OCH3 is 1. The summed E-state index contributed by atoms with van der Waals surface area (Å²) >= 11 is 0. The van der Waals surface area contributed by atoms with Gasteiger partial charge in [0.1, 0.15) is 11.6 Å². The lowest BCUT2D eigenvalue weighted by atomic mass is 9.79. The van der Waals surface area contributed by atoms with Gasteiger partial charge < -0.3 is 15.6 Å². The van der Waals surface area contributed by atoms with E-state index in [1.807, 2.05) is 36.4 Å². The molecule has 1 aromatic carbocycles.